The van der Waals surface area contributed by atoms with E-state index in [1.807, 2.05) is 22.2 Å². The van der Waals surface area contributed by atoms with Gasteiger partial charge in [-0.2, -0.15) is 0 Å². The molecule has 2 N–H and O–H groups in total. The molecule has 6 nitrogen and oxygen atoms in total. The number of carbonyl (C=O) groups is 2. The van der Waals surface area contributed by atoms with Gasteiger partial charge in [-0.1, -0.05) is 0 Å². The number of carbonyl (C=O) groups excluding carboxylic acids is 2. The van der Waals surface area contributed by atoms with Gasteiger partial charge >= 0.3 is 0 Å². The highest BCUT2D eigenvalue weighted by Crippen LogP contribution is 2.26. The first-order valence-electron chi connectivity index (χ1n) is 6.30. The lowest BCUT2D eigenvalue weighted by molar-refractivity contribution is 0.0640. The van der Waals surface area contributed by atoms with Crippen molar-refractivity contribution in [1.29, 1.82) is 0 Å². The number of fused-ring (bicyclic) bond motifs is 2. The van der Waals surface area contributed by atoms with Gasteiger partial charge in [-0.15, -0.1) is 11.3 Å². The van der Waals surface area contributed by atoms with Gasteiger partial charge in [0.15, 0.2) is 4.96 Å². The fraction of sp³-hybridized carbons (Fsp3) is 0.0714. The SMILES string of the molecule is Nc1ccc2c(c1)C(=O)N(Cc1cn3ccsc3n1)C2=O. The van der Waals surface area contributed by atoms with Gasteiger partial charge in [0.05, 0.1) is 23.4 Å². The van der Waals surface area contributed by atoms with Gasteiger partial charge in [0, 0.05) is 23.5 Å². The molecule has 7 heteroatoms. The first kappa shape index (κ1) is 12.1. The van der Waals surface area contributed by atoms with Crippen LogP contribution in [0.4, 0.5) is 5.69 Å². The minimum atomic E-state index is -0.321. The van der Waals surface area contributed by atoms with Crippen molar-refractivity contribution in [2.75, 3.05) is 5.73 Å². The van der Waals surface area contributed by atoms with E-state index in [2.05, 4.69) is 4.98 Å². The minimum absolute atomic E-state index is 0.167. The van der Waals surface area contributed by atoms with E-state index in [1.165, 1.54) is 16.2 Å². The lowest BCUT2D eigenvalue weighted by Crippen LogP contribution is -2.29. The molecule has 1 aliphatic rings. The van der Waals surface area contributed by atoms with Gasteiger partial charge in [-0.05, 0) is 18.2 Å². The second kappa shape index (κ2) is 4.16. The Bertz CT molecular complexity index is 867. The number of imide groups is 1. The van der Waals surface area contributed by atoms with Crippen molar-refractivity contribution >= 4 is 33.8 Å². The van der Waals surface area contributed by atoms with Crippen LogP contribution in [0.25, 0.3) is 4.96 Å². The van der Waals surface area contributed by atoms with E-state index in [0.717, 1.165) is 4.96 Å². The van der Waals surface area contributed by atoms with Crippen LogP contribution < -0.4 is 5.73 Å². The molecule has 0 spiro atoms. The number of rotatable bonds is 2. The van der Waals surface area contributed by atoms with Crippen molar-refractivity contribution in [1.82, 2.24) is 14.3 Å². The van der Waals surface area contributed by atoms with Gasteiger partial charge < -0.3 is 5.73 Å². The Morgan fingerprint density at radius 3 is 2.81 bits per heavy atom. The van der Waals surface area contributed by atoms with Crippen molar-refractivity contribution in [3.63, 3.8) is 0 Å². The summed E-state index contributed by atoms with van der Waals surface area (Å²) in [4.78, 5) is 31.1. The maximum Gasteiger partial charge on any atom is 0.261 e. The van der Waals surface area contributed by atoms with Crippen LogP contribution in [0.5, 0.6) is 0 Å². The fourth-order valence-electron chi connectivity index (χ4n) is 2.47. The second-order valence-corrected chi connectivity index (χ2v) is 5.70. The maximum atomic E-state index is 12.3. The normalized spacial score (nSPS) is 14.2. The highest BCUT2D eigenvalue weighted by atomic mass is 32.1. The van der Waals surface area contributed by atoms with E-state index in [-0.39, 0.29) is 18.4 Å². The summed E-state index contributed by atoms with van der Waals surface area (Å²) in [5, 5.41) is 1.93. The number of aromatic nitrogens is 2. The lowest BCUT2D eigenvalue weighted by Gasteiger charge is -2.11. The number of hydrogen-bond acceptors (Lipinski definition) is 5. The zero-order valence-corrected chi connectivity index (χ0v) is 11.6. The molecule has 21 heavy (non-hydrogen) atoms. The van der Waals surface area contributed by atoms with Gasteiger partial charge in [-0.25, -0.2) is 4.98 Å². The average Bonchev–Trinajstić information content (AvgIpc) is 3.09. The summed E-state index contributed by atoms with van der Waals surface area (Å²) in [6.07, 6.45) is 3.71. The maximum absolute atomic E-state index is 12.3. The van der Waals surface area contributed by atoms with Crippen LogP contribution in [0.3, 0.4) is 0 Å². The first-order valence-corrected chi connectivity index (χ1v) is 7.18. The Hall–Kier alpha value is -2.67. The molecule has 0 unspecified atom stereocenters. The average molecular weight is 298 g/mol. The first-order chi connectivity index (χ1) is 10.1. The number of thiazole rings is 1. The van der Waals surface area contributed by atoms with Gasteiger partial charge in [0.2, 0.25) is 0 Å². The smallest absolute Gasteiger partial charge is 0.261 e. The van der Waals surface area contributed by atoms with E-state index in [0.29, 0.717) is 22.5 Å². The summed E-state index contributed by atoms with van der Waals surface area (Å²) in [6, 6.07) is 4.76. The largest absolute Gasteiger partial charge is 0.399 e. The topological polar surface area (TPSA) is 80.7 Å². The standard InChI is InChI=1S/C14H10N4O2S/c15-8-1-2-10-11(5-8)13(20)18(12(10)19)7-9-6-17-3-4-21-14(17)16-9/h1-6H,7,15H2. The molecule has 0 fully saturated rings. The molecule has 0 atom stereocenters. The quantitative estimate of drug-likeness (QED) is 0.577. The number of nitrogens with zero attached hydrogens (tertiary/aromatic N) is 3. The van der Waals surface area contributed by atoms with Crippen molar-refractivity contribution in [2.24, 2.45) is 0 Å². The third kappa shape index (κ3) is 1.74. The van der Waals surface area contributed by atoms with E-state index < -0.39 is 0 Å². The number of nitrogen functional groups attached to an aromatic ring is 1. The van der Waals surface area contributed by atoms with Crippen LogP contribution in [0.2, 0.25) is 0 Å². The van der Waals surface area contributed by atoms with Crippen molar-refractivity contribution in [2.45, 2.75) is 6.54 Å². The number of imidazole rings is 1. The molecule has 1 aliphatic heterocycles. The van der Waals surface area contributed by atoms with E-state index in [1.54, 1.807) is 18.2 Å². The zero-order valence-electron chi connectivity index (χ0n) is 10.8. The molecule has 2 aromatic heterocycles. The molecule has 104 valence electrons. The summed E-state index contributed by atoms with van der Waals surface area (Å²) in [5.41, 5.74) is 7.59. The monoisotopic (exact) mass is 298 g/mol. The van der Waals surface area contributed by atoms with Gasteiger partial charge in [-0.3, -0.25) is 18.9 Å². The summed E-state index contributed by atoms with van der Waals surface area (Å²) >= 11 is 1.50. The van der Waals surface area contributed by atoms with Gasteiger partial charge in [0.1, 0.15) is 0 Å². The predicted molar refractivity (Wildman–Crippen MR) is 78.1 cm³/mol. The number of nitrogens with two attached hydrogens (primary N) is 1. The molecule has 0 aliphatic carbocycles. The van der Waals surface area contributed by atoms with E-state index >= 15 is 0 Å². The van der Waals surface area contributed by atoms with Crippen molar-refractivity contribution < 1.29 is 9.59 Å². The summed E-state index contributed by atoms with van der Waals surface area (Å²) in [7, 11) is 0. The molecule has 0 bridgehead atoms. The van der Waals surface area contributed by atoms with Crippen LogP contribution in [0.15, 0.2) is 36.0 Å². The molecule has 4 rings (SSSR count). The Kier molecular flexibility index (Phi) is 2.40. The predicted octanol–water partition coefficient (Wildman–Crippen LogP) is 1.77. The van der Waals surface area contributed by atoms with E-state index in [9.17, 15) is 9.59 Å². The number of hydrogen-bond donors (Lipinski definition) is 1. The van der Waals surface area contributed by atoms with E-state index in [4.69, 9.17) is 5.73 Å². The molecule has 0 saturated heterocycles. The lowest BCUT2D eigenvalue weighted by atomic mass is 10.1. The third-order valence-electron chi connectivity index (χ3n) is 3.46. The number of amides is 2. The second-order valence-electron chi connectivity index (χ2n) is 4.83. The minimum Gasteiger partial charge on any atom is -0.399 e. The molecule has 0 radical (unpaired) electrons. The molecular weight excluding hydrogens is 288 g/mol. The third-order valence-corrected chi connectivity index (χ3v) is 4.23. The summed E-state index contributed by atoms with van der Waals surface area (Å²) < 4.78 is 1.87. The van der Waals surface area contributed by atoms with Crippen molar-refractivity contribution in [3.8, 4) is 0 Å². The fourth-order valence-corrected chi connectivity index (χ4v) is 3.19. The number of benzene rings is 1. The van der Waals surface area contributed by atoms with Crippen LogP contribution >= 0.6 is 11.3 Å². The Labute approximate surface area is 123 Å². The van der Waals surface area contributed by atoms with Crippen molar-refractivity contribution in [3.05, 3.63) is 52.8 Å². The molecule has 3 heterocycles. The Morgan fingerprint density at radius 2 is 2.00 bits per heavy atom. The molecule has 3 aromatic rings. The highest BCUT2D eigenvalue weighted by Gasteiger charge is 2.35. The van der Waals surface area contributed by atoms with Crippen LogP contribution in [-0.2, 0) is 6.54 Å². The molecule has 2 amide bonds. The van der Waals surface area contributed by atoms with Gasteiger partial charge in [0.25, 0.3) is 11.8 Å². The Morgan fingerprint density at radius 1 is 1.19 bits per heavy atom. The highest BCUT2D eigenvalue weighted by molar-refractivity contribution is 7.15. The molecule has 0 saturated carbocycles. The molecular formula is C14H10N4O2S. The van der Waals surface area contributed by atoms with Crippen LogP contribution in [0, 0.1) is 0 Å². The van der Waals surface area contributed by atoms with Crippen LogP contribution in [-0.4, -0.2) is 26.1 Å². The Balaban J connectivity index is 1.69. The number of anilines is 1. The molecule has 1 aromatic carbocycles. The summed E-state index contributed by atoms with van der Waals surface area (Å²) in [6.45, 7) is 0.167. The van der Waals surface area contributed by atoms with Crippen LogP contribution in [0.1, 0.15) is 26.4 Å². The summed E-state index contributed by atoms with van der Waals surface area (Å²) in [5.74, 6) is -0.620. The zero-order chi connectivity index (χ0) is 14.6.